The smallest absolute Gasteiger partial charge is 0.325 e. The zero-order valence-electron chi connectivity index (χ0n) is 11.7. The zero-order valence-corrected chi connectivity index (χ0v) is 12.6. The molecule has 0 aliphatic carbocycles. The second-order valence-electron chi connectivity index (χ2n) is 4.54. The molecule has 20 heavy (non-hydrogen) atoms. The van der Waals surface area contributed by atoms with Crippen molar-refractivity contribution in [3.05, 3.63) is 0 Å². The number of carboxylic acids is 2. The van der Waals surface area contributed by atoms with Gasteiger partial charge in [0.25, 0.3) is 10.1 Å². The molecule has 0 aliphatic heterocycles. The van der Waals surface area contributed by atoms with Crippen LogP contribution in [0.5, 0.6) is 0 Å². The van der Waals surface area contributed by atoms with E-state index in [2.05, 4.69) is 0 Å². The van der Waals surface area contributed by atoms with E-state index < -0.39 is 39.8 Å². The lowest BCUT2D eigenvalue weighted by atomic mass is 10.1. The summed E-state index contributed by atoms with van der Waals surface area (Å²) in [4.78, 5) is 21.4. The van der Waals surface area contributed by atoms with Gasteiger partial charge in [0, 0.05) is 0 Å². The number of unbranched alkanes of at least 4 members (excludes halogenated alkanes) is 2. The van der Waals surface area contributed by atoms with Crippen LogP contribution in [-0.4, -0.2) is 41.9 Å². The molecule has 0 aliphatic rings. The Morgan fingerprint density at radius 2 is 1.75 bits per heavy atom. The van der Waals surface area contributed by atoms with Crippen LogP contribution in [0.15, 0.2) is 0 Å². The van der Waals surface area contributed by atoms with Crippen LogP contribution in [0.25, 0.3) is 0 Å². The van der Waals surface area contributed by atoms with E-state index in [1.165, 1.54) is 0 Å². The van der Waals surface area contributed by atoms with Gasteiger partial charge in [-0.05, 0) is 12.8 Å². The molecule has 0 saturated heterocycles. The van der Waals surface area contributed by atoms with Crippen LogP contribution in [0.3, 0.4) is 0 Å². The van der Waals surface area contributed by atoms with Crippen molar-refractivity contribution in [2.24, 2.45) is 0 Å². The normalized spacial score (nSPS) is 14.7. The highest BCUT2D eigenvalue weighted by molar-refractivity contribution is 7.88. The second kappa shape index (κ2) is 8.91. The lowest BCUT2D eigenvalue weighted by Crippen LogP contribution is -2.36. The van der Waals surface area contributed by atoms with Crippen molar-refractivity contribution in [2.75, 3.05) is 0 Å². The van der Waals surface area contributed by atoms with Gasteiger partial charge in [-0.25, -0.2) is 0 Å². The highest BCUT2D eigenvalue weighted by atomic mass is 32.2. The maximum Gasteiger partial charge on any atom is 0.325 e. The van der Waals surface area contributed by atoms with Crippen LogP contribution in [0.4, 0.5) is 0 Å². The average molecular weight is 310 g/mol. The fraction of sp³-hybridized carbons (Fsp3) is 0.833. The van der Waals surface area contributed by atoms with Crippen molar-refractivity contribution in [2.45, 2.75) is 63.7 Å². The quantitative estimate of drug-likeness (QED) is 0.439. The maximum atomic E-state index is 11.8. The van der Waals surface area contributed by atoms with E-state index in [1.54, 1.807) is 6.92 Å². The minimum Gasteiger partial charge on any atom is -0.481 e. The molecule has 0 saturated carbocycles. The second-order valence-corrected chi connectivity index (χ2v) is 6.29. The summed E-state index contributed by atoms with van der Waals surface area (Å²) in [5, 5.41) is 15.3. The molecule has 2 unspecified atom stereocenters. The molecule has 2 N–H and O–H groups in total. The first-order chi connectivity index (χ1) is 9.24. The molecule has 0 aromatic carbocycles. The Bertz CT molecular complexity index is 416. The molecule has 0 heterocycles. The van der Waals surface area contributed by atoms with Crippen LogP contribution in [0, 0.1) is 0 Å². The predicted molar refractivity (Wildman–Crippen MR) is 71.9 cm³/mol. The fourth-order valence-corrected chi connectivity index (χ4v) is 3.01. The highest BCUT2D eigenvalue weighted by Crippen LogP contribution is 2.17. The summed E-state index contributed by atoms with van der Waals surface area (Å²) in [5.74, 6) is -3.21. The van der Waals surface area contributed by atoms with Crippen LogP contribution in [0.1, 0.15) is 52.4 Å². The monoisotopic (exact) mass is 310 g/mol. The molecule has 0 amide bonds. The van der Waals surface area contributed by atoms with Gasteiger partial charge in [-0.1, -0.05) is 33.1 Å². The molecule has 0 aromatic heterocycles. The summed E-state index contributed by atoms with van der Waals surface area (Å²) in [6.45, 7) is 3.74. The molecule has 0 rings (SSSR count). The summed E-state index contributed by atoms with van der Waals surface area (Å²) >= 11 is 0. The van der Waals surface area contributed by atoms with Gasteiger partial charge in [-0.3, -0.25) is 13.8 Å². The van der Waals surface area contributed by atoms with Crippen molar-refractivity contribution in [1.82, 2.24) is 0 Å². The standard InChI is InChI=1S/C12H22O7S/c1-3-5-6-7-9(4-2)19-20(17,18)10(12(15)16)8-11(13)14/h9-10H,3-8H2,1-2H3,(H,13,14)(H,15,16). The van der Waals surface area contributed by atoms with E-state index in [9.17, 15) is 18.0 Å². The first kappa shape index (κ1) is 18.9. The zero-order chi connectivity index (χ0) is 15.8. The number of carbonyl (C=O) groups is 2. The molecule has 2 atom stereocenters. The van der Waals surface area contributed by atoms with E-state index in [1.807, 2.05) is 6.92 Å². The molecule has 7 nitrogen and oxygen atoms in total. The SMILES string of the molecule is CCCCCC(CC)OS(=O)(=O)C(CC(=O)O)C(=O)O. The Kier molecular flexibility index (Phi) is 8.40. The largest absolute Gasteiger partial charge is 0.481 e. The Morgan fingerprint density at radius 3 is 2.15 bits per heavy atom. The molecule has 0 fully saturated rings. The lowest BCUT2D eigenvalue weighted by Gasteiger charge is -2.18. The number of aliphatic carboxylic acids is 2. The average Bonchev–Trinajstić information content (AvgIpc) is 2.34. The summed E-state index contributed by atoms with van der Waals surface area (Å²) in [6.07, 6.45) is 1.98. The van der Waals surface area contributed by atoms with Gasteiger partial charge < -0.3 is 10.2 Å². The predicted octanol–water partition coefficient (Wildman–Crippen LogP) is 1.62. The maximum absolute atomic E-state index is 11.8. The molecule has 8 heteroatoms. The van der Waals surface area contributed by atoms with Gasteiger partial charge in [0.05, 0.1) is 12.5 Å². The van der Waals surface area contributed by atoms with Gasteiger partial charge in [0.1, 0.15) is 0 Å². The summed E-state index contributed by atoms with van der Waals surface area (Å²) in [6, 6.07) is 0. The molecular weight excluding hydrogens is 288 g/mol. The van der Waals surface area contributed by atoms with Crippen molar-refractivity contribution < 1.29 is 32.4 Å². The lowest BCUT2D eigenvalue weighted by molar-refractivity contribution is -0.143. The van der Waals surface area contributed by atoms with E-state index in [0.717, 1.165) is 19.3 Å². The number of hydrogen-bond donors (Lipinski definition) is 2. The van der Waals surface area contributed by atoms with Crippen molar-refractivity contribution in [1.29, 1.82) is 0 Å². The first-order valence-electron chi connectivity index (χ1n) is 6.61. The molecule has 118 valence electrons. The van der Waals surface area contributed by atoms with Crippen LogP contribution in [0.2, 0.25) is 0 Å². The van der Waals surface area contributed by atoms with Gasteiger partial charge in [-0.15, -0.1) is 0 Å². The van der Waals surface area contributed by atoms with Crippen molar-refractivity contribution >= 4 is 22.1 Å². The Balaban J connectivity index is 4.81. The van der Waals surface area contributed by atoms with Crippen LogP contribution >= 0.6 is 0 Å². The third-order valence-corrected chi connectivity index (χ3v) is 4.44. The summed E-state index contributed by atoms with van der Waals surface area (Å²) in [7, 11) is -4.45. The Morgan fingerprint density at radius 1 is 1.15 bits per heavy atom. The minimum atomic E-state index is -4.45. The summed E-state index contributed by atoms with van der Waals surface area (Å²) in [5.41, 5.74) is 0. The number of carboxylic acid groups (broad SMARTS) is 2. The molecule has 0 spiro atoms. The third kappa shape index (κ3) is 6.85. The summed E-state index contributed by atoms with van der Waals surface area (Å²) < 4.78 is 28.6. The van der Waals surface area contributed by atoms with Gasteiger partial charge in [0.15, 0.2) is 5.25 Å². The first-order valence-corrected chi connectivity index (χ1v) is 8.08. The minimum absolute atomic E-state index is 0.419. The Labute approximate surface area is 119 Å². The Hall–Kier alpha value is -1.15. The van der Waals surface area contributed by atoms with Gasteiger partial charge in [-0.2, -0.15) is 8.42 Å². The van der Waals surface area contributed by atoms with Crippen LogP contribution < -0.4 is 0 Å². The van der Waals surface area contributed by atoms with Crippen LogP contribution in [-0.2, 0) is 23.9 Å². The molecule has 0 radical (unpaired) electrons. The topological polar surface area (TPSA) is 118 Å². The van der Waals surface area contributed by atoms with Crippen molar-refractivity contribution in [3.63, 3.8) is 0 Å². The molecule has 0 bridgehead atoms. The van der Waals surface area contributed by atoms with Crippen molar-refractivity contribution in [3.8, 4) is 0 Å². The third-order valence-electron chi connectivity index (χ3n) is 2.84. The molecular formula is C12H22O7S. The van der Waals surface area contributed by atoms with E-state index >= 15 is 0 Å². The van der Waals surface area contributed by atoms with E-state index in [0.29, 0.717) is 12.8 Å². The van der Waals surface area contributed by atoms with E-state index in [4.69, 9.17) is 14.4 Å². The number of hydrogen-bond acceptors (Lipinski definition) is 5. The van der Waals surface area contributed by atoms with Gasteiger partial charge >= 0.3 is 11.9 Å². The molecule has 0 aromatic rings. The van der Waals surface area contributed by atoms with Gasteiger partial charge in [0.2, 0.25) is 0 Å². The highest BCUT2D eigenvalue weighted by Gasteiger charge is 2.37. The number of rotatable bonds is 11. The fourth-order valence-electron chi connectivity index (χ4n) is 1.67. The van der Waals surface area contributed by atoms with E-state index in [-0.39, 0.29) is 0 Å².